The van der Waals surface area contributed by atoms with Crippen molar-refractivity contribution in [3.05, 3.63) is 34.9 Å². The highest BCUT2D eigenvalue weighted by atomic mass is 35.5. The van der Waals surface area contributed by atoms with Gasteiger partial charge in [0.05, 0.1) is 0 Å². The lowest BCUT2D eigenvalue weighted by atomic mass is 9.94. The van der Waals surface area contributed by atoms with E-state index >= 15 is 0 Å². The molecule has 0 amide bonds. The van der Waals surface area contributed by atoms with Gasteiger partial charge in [-0.1, -0.05) is 37.6 Å². The first-order valence-corrected chi connectivity index (χ1v) is 8.52. The molecule has 1 aromatic carbocycles. The number of rotatable bonds is 11. The highest BCUT2D eigenvalue weighted by Crippen LogP contribution is 2.17. The maximum atomic E-state index is 6.08. The molecule has 0 aliphatic carbocycles. The zero-order valence-electron chi connectivity index (χ0n) is 13.7. The highest BCUT2D eigenvalue weighted by Gasteiger charge is 2.10. The van der Waals surface area contributed by atoms with Crippen LogP contribution < -0.4 is 5.32 Å². The van der Waals surface area contributed by atoms with Crippen LogP contribution in [0.5, 0.6) is 0 Å². The third kappa shape index (κ3) is 9.13. The lowest BCUT2D eigenvalue weighted by Crippen LogP contribution is -2.27. The van der Waals surface area contributed by atoms with E-state index in [1.54, 1.807) is 0 Å². The predicted octanol–water partition coefficient (Wildman–Crippen LogP) is 4.56. The van der Waals surface area contributed by atoms with E-state index in [1.807, 2.05) is 19.1 Å². The van der Waals surface area contributed by atoms with Gasteiger partial charge >= 0.3 is 0 Å². The minimum Gasteiger partial charge on any atom is -0.382 e. The Hall–Kier alpha value is -0.570. The summed E-state index contributed by atoms with van der Waals surface area (Å²) in [5.74, 6) is 1.34. The fourth-order valence-corrected chi connectivity index (χ4v) is 2.68. The molecule has 0 fully saturated rings. The average Bonchev–Trinajstić information content (AvgIpc) is 2.43. The van der Waals surface area contributed by atoms with Crippen LogP contribution in [0.1, 0.15) is 39.2 Å². The summed E-state index contributed by atoms with van der Waals surface area (Å²) in [6.45, 7) is 10.4. The lowest BCUT2D eigenvalue weighted by molar-refractivity contribution is 0.139. The Labute approximate surface area is 135 Å². The van der Waals surface area contributed by atoms with Crippen LogP contribution >= 0.6 is 11.6 Å². The van der Waals surface area contributed by atoms with Crippen molar-refractivity contribution >= 4 is 11.6 Å². The van der Waals surface area contributed by atoms with Gasteiger partial charge < -0.3 is 10.1 Å². The second kappa shape index (κ2) is 11.1. The van der Waals surface area contributed by atoms with E-state index in [9.17, 15) is 0 Å². The van der Waals surface area contributed by atoms with Crippen LogP contribution in [0.2, 0.25) is 5.02 Å². The first-order chi connectivity index (χ1) is 10.1. The molecule has 0 bridgehead atoms. The summed E-state index contributed by atoms with van der Waals surface area (Å²) in [5.41, 5.74) is 1.33. The second-order valence-corrected chi connectivity index (χ2v) is 6.53. The van der Waals surface area contributed by atoms with E-state index in [2.05, 4.69) is 31.3 Å². The lowest BCUT2D eigenvalue weighted by Gasteiger charge is -2.19. The summed E-state index contributed by atoms with van der Waals surface area (Å²) in [5, 5.41) is 4.42. The third-order valence-electron chi connectivity index (χ3n) is 3.50. The van der Waals surface area contributed by atoms with Gasteiger partial charge in [-0.15, -0.1) is 0 Å². The summed E-state index contributed by atoms with van der Waals surface area (Å²) in [6.07, 6.45) is 3.40. The van der Waals surface area contributed by atoms with Crippen molar-refractivity contribution < 1.29 is 4.74 Å². The van der Waals surface area contributed by atoms with E-state index in [4.69, 9.17) is 16.3 Å². The van der Waals surface area contributed by atoms with Crippen LogP contribution in [-0.2, 0) is 11.2 Å². The van der Waals surface area contributed by atoms with E-state index in [0.29, 0.717) is 11.8 Å². The Balaban J connectivity index is 2.45. The first kappa shape index (κ1) is 18.5. The molecule has 120 valence electrons. The Morgan fingerprint density at radius 2 is 2.05 bits per heavy atom. The smallest absolute Gasteiger partial charge is 0.0466 e. The normalized spacial score (nSPS) is 12.8. The molecule has 0 aliphatic heterocycles. The van der Waals surface area contributed by atoms with Gasteiger partial charge in [-0.2, -0.15) is 0 Å². The number of hydrogen-bond donors (Lipinski definition) is 1. The Bertz CT molecular complexity index is 381. The molecule has 3 heteroatoms. The topological polar surface area (TPSA) is 21.3 Å². The van der Waals surface area contributed by atoms with Crippen LogP contribution in [-0.4, -0.2) is 26.3 Å². The van der Waals surface area contributed by atoms with Gasteiger partial charge in [0.2, 0.25) is 0 Å². The second-order valence-electron chi connectivity index (χ2n) is 6.09. The molecular weight excluding hydrogens is 282 g/mol. The van der Waals surface area contributed by atoms with E-state index in [0.717, 1.165) is 44.2 Å². The zero-order valence-corrected chi connectivity index (χ0v) is 14.5. The summed E-state index contributed by atoms with van der Waals surface area (Å²) < 4.78 is 5.45. The van der Waals surface area contributed by atoms with E-state index in [-0.39, 0.29) is 0 Å². The Morgan fingerprint density at radius 3 is 2.71 bits per heavy atom. The highest BCUT2D eigenvalue weighted by molar-refractivity contribution is 6.30. The first-order valence-electron chi connectivity index (χ1n) is 8.14. The molecule has 0 aliphatic rings. The summed E-state index contributed by atoms with van der Waals surface area (Å²) in [6, 6.07) is 8.23. The van der Waals surface area contributed by atoms with Gasteiger partial charge in [0.25, 0.3) is 0 Å². The van der Waals surface area contributed by atoms with Crippen LogP contribution in [0.3, 0.4) is 0 Å². The maximum absolute atomic E-state index is 6.08. The molecule has 1 aromatic rings. The Morgan fingerprint density at radius 1 is 1.24 bits per heavy atom. The van der Waals surface area contributed by atoms with E-state index < -0.39 is 0 Å². The van der Waals surface area contributed by atoms with Gasteiger partial charge in [0, 0.05) is 18.2 Å². The molecule has 0 heterocycles. The molecule has 0 saturated heterocycles. The molecule has 21 heavy (non-hydrogen) atoms. The van der Waals surface area contributed by atoms with Crippen molar-refractivity contribution in [2.45, 2.75) is 40.0 Å². The van der Waals surface area contributed by atoms with Crippen LogP contribution in [0, 0.1) is 11.8 Å². The number of benzene rings is 1. The van der Waals surface area contributed by atoms with Crippen molar-refractivity contribution in [3.63, 3.8) is 0 Å². The van der Waals surface area contributed by atoms with Crippen molar-refractivity contribution in [1.29, 1.82) is 0 Å². The maximum Gasteiger partial charge on any atom is 0.0466 e. The van der Waals surface area contributed by atoms with E-state index in [1.165, 1.54) is 12.0 Å². The van der Waals surface area contributed by atoms with Crippen molar-refractivity contribution in [1.82, 2.24) is 5.32 Å². The number of nitrogens with one attached hydrogen (secondary N) is 1. The SMILES string of the molecule is CCOCCCC(CNCC(C)C)Cc1cccc(Cl)c1. The van der Waals surface area contributed by atoms with Gasteiger partial charge in [-0.05, 0) is 68.8 Å². The molecule has 2 nitrogen and oxygen atoms in total. The standard InChI is InChI=1S/C18H30ClNO/c1-4-21-10-6-8-17(14-20-13-15(2)3)11-16-7-5-9-18(19)12-16/h5,7,9,12,15,17,20H,4,6,8,10-11,13-14H2,1-3H3. The van der Waals surface area contributed by atoms with Crippen LogP contribution in [0.25, 0.3) is 0 Å². The minimum atomic E-state index is 0.641. The third-order valence-corrected chi connectivity index (χ3v) is 3.74. The Kier molecular flexibility index (Phi) is 9.73. The molecule has 0 saturated carbocycles. The summed E-state index contributed by atoms with van der Waals surface area (Å²) in [4.78, 5) is 0. The summed E-state index contributed by atoms with van der Waals surface area (Å²) in [7, 11) is 0. The average molecular weight is 312 g/mol. The van der Waals surface area contributed by atoms with Gasteiger partial charge in [0.1, 0.15) is 0 Å². The number of ether oxygens (including phenoxy) is 1. The molecular formula is C18H30ClNO. The molecule has 0 spiro atoms. The summed E-state index contributed by atoms with van der Waals surface area (Å²) >= 11 is 6.08. The molecule has 1 rings (SSSR count). The number of hydrogen-bond acceptors (Lipinski definition) is 2. The van der Waals surface area contributed by atoms with Crippen molar-refractivity contribution in [2.75, 3.05) is 26.3 Å². The van der Waals surface area contributed by atoms with Gasteiger partial charge in [-0.3, -0.25) is 0 Å². The fourth-order valence-electron chi connectivity index (χ4n) is 2.47. The molecule has 0 aromatic heterocycles. The quantitative estimate of drug-likeness (QED) is 0.605. The molecule has 0 radical (unpaired) electrons. The van der Waals surface area contributed by atoms with Crippen LogP contribution in [0.15, 0.2) is 24.3 Å². The number of halogens is 1. The van der Waals surface area contributed by atoms with Crippen molar-refractivity contribution in [3.8, 4) is 0 Å². The predicted molar refractivity (Wildman–Crippen MR) is 92.1 cm³/mol. The molecule has 1 unspecified atom stereocenters. The fraction of sp³-hybridized carbons (Fsp3) is 0.667. The van der Waals surface area contributed by atoms with Crippen LogP contribution in [0.4, 0.5) is 0 Å². The minimum absolute atomic E-state index is 0.641. The van der Waals surface area contributed by atoms with Crippen molar-refractivity contribution in [2.24, 2.45) is 11.8 Å². The monoisotopic (exact) mass is 311 g/mol. The molecule has 1 N–H and O–H groups in total. The van der Waals surface area contributed by atoms with Gasteiger partial charge in [0.15, 0.2) is 0 Å². The van der Waals surface area contributed by atoms with Gasteiger partial charge in [-0.25, -0.2) is 0 Å². The molecule has 1 atom stereocenters. The zero-order chi connectivity index (χ0) is 15.5. The largest absolute Gasteiger partial charge is 0.382 e.